The molecule has 94 valence electrons. The Kier molecular flexibility index (Phi) is 4.32. The van der Waals surface area contributed by atoms with E-state index in [1.807, 2.05) is 0 Å². The molecule has 0 aromatic carbocycles. The molecule has 0 aliphatic heterocycles. The maximum absolute atomic E-state index is 11.5. The molecule has 5 nitrogen and oxygen atoms in total. The van der Waals surface area contributed by atoms with Gasteiger partial charge < -0.3 is 5.11 Å². The van der Waals surface area contributed by atoms with E-state index in [-0.39, 0.29) is 12.5 Å². The Morgan fingerprint density at radius 3 is 2.56 bits per heavy atom. The molecular formula is C10H19NO4S. The number of nitrogens with one attached hydrogen (secondary N) is 1. The second-order valence-corrected chi connectivity index (χ2v) is 6.90. The zero-order valence-electron chi connectivity index (χ0n) is 9.64. The Labute approximate surface area is 96.3 Å². The molecule has 0 heterocycles. The van der Waals surface area contributed by atoms with E-state index in [0.717, 1.165) is 12.8 Å². The zero-order chi connectivity index (χ0) is 12.3. The number of carbonyl (C=O) groups is 1. The summed E-state index contributed by atoms with van der Waals surface area (Å²) in [6.07, 6.45) is 2.31. The van der Waals surface area contributed by atoms with Gasteiger partial charge in [0, 0.05) is 6.54 Å². The van der Waals surface area contributed by atoms with Gasteiger partial charge in [0.05, 0.1) is 11.2 Å². The number of carboxylic acid groups (broad SMARTS) is 1. The van der Waals surface area contributed by atoms with Crippen LogP contribution in [-0.4, -0.2) is 31.3 Å². The van der Waals surface area contributed by atoms with Gasteiger partial charge in [-0.25, -0.2) is 13.1 Å². The first kappa shape index (κ1) is 13.4. The standard InChI is InChI=1S/C10H19NO4S/c1-7(2)16(14,15)11-6-8-4-3-5-9(8)10(12)13/h7-9,11H,3-6H2,1-2H3,(H,12,13). The third kappa shape index (κ3) is 3.18. The van der Waals surface area contributed by atoms with Gasteiger partial charge in [-0.1, -0.05) is 6.42 Å². The van der Waals surface area contributed by atoms with Crippen LogP contribution in [0, 0.1) is 11.8 Å². The molecule has 0 bridgehead atoms. The summed E-state index contributed by atoms with van der Waals surface area (Å²) >= 11 is 0. The highest BCUT2D eigenvalue weighted by Crippen LogP contribution is 2.31. The van der Waals surface area contributed by atoms with Gasteiger partial charge in [-0.05, 0) is 32.6 Å². The zero-order valence-corrected chi connectivity index (χ0v) is 10.5. The first-order valence-electron chi connectivity index (χ1n) is 5.56. The van der Waals surface area contributed by atoms with Crippen LogP contribution in [-0.2, 0) is 14.8 Å². The summed E-state index contributed by atoms with van der Waals surface area (Å²) in [6.45, 7) is 3.45. The van der Waals surface area contributed by atoms with Crippen molar-refractivity contribution in [3.05, 3.63) is 0 Å². The molecule has 2 unspecified atom stereocenters. The van der Waals surface area contributed by atoms with Crippen LogP contribution in [0.15, 0.2) is 0 Å². The molecule has 0 aromatic rings. The topological polar surface area (TPSA) is 83.5 Å². The van der Waals surface area contributed by atoms with Crippen LogP contribution in [0.1, 0.15) is 33.1 Å². The lowest BCUT2D eigenvalue weighted by atomic mass is 9.97. The van der Waals surface area contributed by atoms with Crippen molar-refractivity contribution in [2.45, 2.75) is 38.4 Å². The van der Waals surface area contributed by atoms with Crippen LogP contribution in [0.5, 0.6) is 0 Å². The molecule has 1 fully saturated rings. The van der Waals surface area contributed by atoms with E-state index < -0.39 is 27.2 Å². The lowest BCUT2D eigenvalue weighted by Gasteiger charge is -2.17. The second kappa shape index (κ2) is 5.14. The molecular weight excluding hydrogens is 230 g/mol. The quantitative estimate of drug-likeness (QED) is 0.755. The average Bonchev–Trinajstić information content (AvgIpc) is 2.62. The summed E-state index contributed by atoms with van der Waals surface area (Å²) in [5.74, 6) is -1.27. The normalized spacial score (nSPS) is 26.2. The molecule has 1 saturated carbocycles. The molecule has 2 N–H and O–H groups in total. The first-order valence-corrected chi connectivity index (χ1v) is 7.10. The maximum Gasteiger partial charge on any atom is 0.306 e. The van der Waals surface area contributed by atoms with Gasteiger partial charge in [0.1, 0.15) is 0 Å². The number of hydrogen-bond donors (Lipinski definition) is 2. The lowest BCUT2D eigenvalue weighted by Crippen LogP contribution is -2.36. The van der Waals surface area contributed by atoms with Crippen molar-refractivity contribution in [1.82, 2.24) is 4.72 Å². The lowest BCUT2D eigenvalue weighted by molar-refractivity contribution is -0.142. The summed E-state index contributed by atoms with van der Waals surface area (Å²) < 4.78 is 25.5. The third-order valence-electron chi connectivity index (χ3n) is 3.14. The summed E-state index contributed by atoms with van der Waals surface area (Å²) in [5.41, 5.74) is 0. The fourth-order valence-electron chi connectivity index (χ4n) is 2.00. The minimum atomic E-state index is -3.28. The van der Waals surface area contributed by atoms with E-state index in [9.17, 15) is 13.2 Å². The van der Waals surface area contributed by atoms with E-state index >= 15 is 0 Å². The fraction of sp³-hybridized carbons (Fsp3) is 0.900. The van der Waals surface area contributed by atoms with Crippen molar-refractivity contribution < 1.29 is 18.3 Å². The summed E-state index contributed by atoms with van der Waals surface area (Å²) in [4.78, 5) is 10.9. The average molecular weight is 249 g/mol. The number of carboxylic acids is 1. The number of rotatable bonds is 5. The summed E-state index contributed by atoms with van der Waals surface area (Å²) in [7, 11) is -3.28. The van der Waals surface area contributed by atoms with Gasteiger partial charge in [0.15, 0.2) is 0 Å². The highest BCUT2D eigenvalue weighted by atomic mass is 32.2. The van der Waals surface area contributed by atoms with Gasteiger partial charge in [0.25, 0.3) is 0 Å². The molecule has 1 aliphatic carbocycles. The molecule has 0 aromatic heterocycles. The molecule has 16 heavy (non-hydrogen) atoms. The van der Waals surface area contributed by atoms with Gasteiger partial charge in [-0.3, -0.25) is 4.79 Å². The Morgan fingerprint density at radius 1 is 1.44 bits per heavy atom. The highest BCUT2D eigenvalue weighted by Gasteiger charge is 2.33. The maximum atomic E-state index is 11.5. The molecule has 0 spiro atoms. The van der Waals surface area contributed by atoms with E-state index in [1.165, 1.54) is 0 Å². The van der Waals surface area contributed by atoms with Crippen molar-refractivity contribution in [2.75, 3.05) is 6.54 Å². The monoisotopic (exact) mass is 249 g/mol. The predicted molar refractivity (Wildman–Crippen MR) is 60.5 cm³/mol. The fourth-order valence-corrected chi connectivity index (χ4v) is 2.78. The van der Waals surface area contributed by atoms with E-state index in [1.54, 1.807) is 13.8 Å². The van der Waals surface area contributed by atoms with Crippen LogP contribution >= 0.6 is 0 Å². The van der Waals surface area contributed by atoms with Crippen molar-refractivity contribution in [3.8, 4) is 0 Å². The molecule has 0 saturated heterocycles. The van der Waals surface area contributed by atoms with Gasteiger partial charge >= 0.3 is 5.97 Å². The highest BCUT2D eigenvalue weighted by molar-refractivity contribution is 7.90. The van der Waals surface area contributed by atoms with Crippen LogP contribution in [0.3, 0.4) is 0 Å². The third-order valence-corrected chi connectivity index (χ3v) is 4.95. The molecule has 0 amide bonds. The smallest absolute Gasteiger partial charge is 0.306 e. The SMILES string of the molecule is CC(C)S(=O)(=O)NCC1CCCC1C(=O)O. The molecule has 1 aliphatic rings. The molecule has 2 atom stereocenters. The van der Waals surface area contributed by atoms with E-state index in [4.69, 9.17) is 5.11 Å². The number of hydrogen-bond acceptors (Lipinski definition) is 3. The summed E-state index contributed by atoms with van der Waals surface area (Å²) in [5, 5.41) is 8.47. The predicted octanol–water partition coefficient (Wildman–Crippen LogP) is 0.815. The minimum Gasteiger partial charge on any atom is -0.481 e. The largest absolute Gasteiger partial charge is 0.481 e. The van der Waals surface area contributed by atoms with Crippen molar-refractivity contribution >= 4 is 16.0 Å². The molecule has 0 radical (unpaired) electrons. The van der Waals surface area contributed by atoms with Crippen LogP contribution in [0.2, 0.25) is 0 Å². The van der Waals surface area contributed by atoms with E-state index in [2.05, 4.69) is 4.72 Å². The second-order valence-electron chi connectivity index (χ2n) is 4.58. The number of sulfonamides is 1. The van der Waals surface area contributed by atoms with Crippen LogP contribution in [0.4, 0.5) is 0 Å². The van der Waals surface area contributed by atoms with Crippen LogP contribution in [0.25, 0.3) is 0 Å². The van der Waals surface area contributed by atoms with Crippen molar-refractivity contribution in [2.24, 2.45) is 11.8 Å². The minimum absolute atomic E-state index is 0.0639. The Hall–Kier alpha value is -0.620. The van der Waals surface area contributed by atoms with Crippen molar-refractivity contribution in [1.29, 1.82) is 0 Å². The Morgan fingerprint density at radius 2 is 2.06 bits per heavy atom. The molecule has 6 heteroatoms. The Balaban J connectivity index is 2.53. The van der Waals surface area contributed by atoms with E-state index in [0.29, 0.717) is 6.42 Å². The van der Waals surface area contributed by atoms with Gasteiger partial charge in [-0.15, -0.1) is 0 Å². The van der Waals surface area contributed by atoms with Crippen LogP contribution < -0.4 is 4.72 Å². The molecule has 1 rings (SSSR count). The Bertz CT molecular complexity index is 350. The number of aliphatic carboxylic acids is 1. The van der Waals surface area contributed by atoms with Crippen molar-refractivity contribution in [3.63, 3.8) is 0 Å². The van der Waals surface area contributed by atoms with Gasteiger partial charge in [-0.2, -0.15) is 0 Å². The van der Waals surface area contributed by atoms with Gasteiger partial charge in [0.2, 0.25) is 10.0 Å². The summed E-state index contributed by atoms with van der Waals surface area (Å²) in [6, 6.07) is 0. The first-order chi connectivity index (χ1) is 7.34.